The minimum Gasteiger partial charge on any atom is -0.495 e. The van der Waals surface area contributed by atoms with Crippen molar-refractivity contribution in [2.24, 2.45) is 0 Å². The van der Waals surface area contributed by atoms with Crippen molar-refractivity contribution < 1.29 is 13.9 Å². The van der Waals surface area contributed by atoms with Crippen molar-refractivity contribution in [3.63, 3.8) is 0 Å². The lowest BCUT2D eigenvalue weighted by molar-refractivity contribution is 0.209. The van der Waals surface area contributed by atoms with Gasteiger partial charge in [-0.05, 0) is 42.0 Å². The quantitative estimate of drug-likeness (QED) is 0.444. The van der Waals surface area contributed by atoms with Gasteiger partial charge in [-0.15, -0.1) is 0 Å². The van der Waals surface area contributed by atoms with Crippen LogP contribution < -0.4 is 10.1 Å². The van der Waals surface area contributed by atoms with E-state index in [2.05, 4.69) is 15.3 Å². The highest BCUT2D eigenvalue weighted by molar-refractivity contribution is 5.91. The predicted molar refractivity (Wildman–Crippen MR) is 119 cm³/mol. The lowest BCUT2D eigenvalue weighted by Gasteiger charge is -2.23. The van der Waals surface area contributed by atoms with Crippen LogP contribution in [-0.4, -0.2) is 34.6 Å². The number of carbonyl (C=O) groups is 1. The van der Waals surface area contributed by atoms with Crippen LogP contribution in [-0.2, 0) is 13.0 Å². The molecule has 0 fully saturated rings. The first-order valence-electron chi connectivity index (χ1n) is 9.99. The number of anilines is 1. The number of nitrogens with zero attached hydrogens (tertiary/aromatic N) is 2. The molecule has 158 valence electrons. The molecule has 4 aromatic rings. The Morgan fingerprint density at radius 2 is 1.81 bits per heavy atom. The van der Waals surface area contributed by atoms with Crippen molar-refractivity contribution in [1.82, 2.24) is 14.9 Å². The van der Waals surface area contributed by atoms with E-state index in [1.165, 1.54) is 12.1 Å². The maximum absolute atomic E-state index is 13.3. The number of methoxy groups -OCH3 is 1. The van der Waals surface area contributed by atoms with Crippen LogP contribution in [0.2, 0.25) is 0 Å². The number of hydrogen-bond acceptors (Lipinski definition) is 3. The van der Waals surface area contributed by atoms with Crippen LogP contribution in [0.4, 0.5) is 14.9 Å². The third kappa shape index (κ3) is 5.01. The van der Waals surface area contributed by atoms with Gasteiger partial charge in [-0.1, -0.05) is 36.4 Å². The summed E-state index contributed by atoms with van der Waals surface area (Å²) in [6.45, 7) is 0.764. The van der Waals surface area contributed by atoms with E-state index in [9.17, 15) is 9.18 Å². The molecule has 0 aliphatic heterocycles. The molecule has 3 aromatic carbocycles. The van der Waals surface area contributed by atoms with Crippen LogP contribution in [0.15, 0.2) is 72.8 Å². The van der Waals surface area contributed by atoms with E-state index < -0.39 is 0 Å². The SMILES string of the molecule is COc1ccccc1NC(=O)N(CCc1nc2ccccc2[nH]1)Cc1ccc(F)cc1. The minimum absolute atomic E-state index is 0.273. The zero-order valence-corrected chi connectivity index (χ0v) is 17.1. The molecule has 0 unspecified atom stereocenters. The standard InChI is InChI=1S/C24H23FN4O2/c1-31-22-9-5-4-8-21(22)28-24(30)29(16-17-10-12-18(25)13-11-17)15-14-23-26-19-6-2-3-7-20(19)27-23/h2-13H,14-16H2,1H3,(H,26,27)(H,28,30). The van der Waals surface area contributed by atoms with Crippen LogP contribution in [0.3, 0.4) is 0 Å². The van der Waals surface area contributed by atoms with E-state index in [1.54, 1.807) is 36.3 Å². The largest absolute Gasteiger partial charge is 0.495 e. The van der Waals surface area contributed by atoms with Gasteiger partial charge in [-0.3, -0.25) is 0 Å². The number of aromatic amines is 1. The van der Waals surface area contributed by atoms with Crippen molar-refractivity contribution in [2.45, 2.75) is 13.0 Å². The van der Waals surface area contributed by atoms with Gasteiger partial charge in [0.25, 0.3) is 0 Å². The maximum Gasteiger partial charge on any atom is 0.322 e. The molecule has 0 aliphatic carbocycles. The second kappa shape index (κ2) is 9.30. The number of aromatic nitrogens is 2. The lowest BCUT2D eigenvalue weighted by atomic mass is 10.2. The molecule has 0 bridgehead atoms. The molecule has 1 aromatic heterocycles. The zero-order valence-electron chi connectivity index (χ0n) is 17.1. The highest BCUT2D eigenvalue weighted by Gasteiger charge is 2.17. The Hall–Kier alpha value is -3.87. The molecule has 7 heteroatoms. The van der Waals surface area contributed by atoms with Gasteiger partial charge in [-0.25, -0.2) is 14.2 Å². The number of hydrogen-bond donors (Lipinski definition) is 2. The fourth-order valence-corrected chi connectivity index (χ4v) is 3.37. The maximum atomic E-state index is 13.3. The normalized spacial score (nSPS) is 10.8. The molecule has 1 heterocycles. The highest BCUT2D eigenvalue weighted by atomic mass is 19.1. The van der Waals surface area contributed by atoms with E-state index in [0.717, 1.165) is 22.4 Å². The summed E-state index contributed by atoms with van der Waals surface area (Å²) < 4.78 is 18.6. The monoisotopic (exact) mass is 418 g/mol. The number of halogens is 1. The molecular weight excluding hydrogens is 395 g/mol. The van der Waals surface area contributed by atoms with E-state index in [-0.39, 0.29) is 11.8 Å². The Morgan fingerprint density at radius 1 is 1.06 bits per heavy atom. The van der Waals surface area contributed by atoms with Crippen molar-refractivity contribution >= 4 is 22.8 Å². The van der Waals surface area contributed by atoms with Gasteiger partial charge in [0, 0.05) is 19.5 Å². The molecule has 4 rings (SSSR count). The van der Waals surface area contributed by atoms with E-state index in [1.807, 2.05) is 36.4 Å². The summed E-state index contributed by atoms with van der Waals surface area (Å²) in [7, 11) is 1.56. The molecule has 2 N–H and O–H groups in total. The summed E-state index contributed by atoms with van der Waals surface area (Å²) in [6.07, 6.45) is 0.551. The number of ether oxygens (including phenoxy) is 1. The van der Waals surface area contributed by atoms with E-state index in [0.29, 0.717) is 30.9 Å². The summed E-state index contributed by atoms with van der Waals surface area (Å²) in [5.41, 5.74) is 3.27. The molecule has 31 heavy (non-hydrogen) atoms. The number of imidazole rings is 1. The Balaban J connectivity index is 1.52. The number of urea groups is 1. The Kier molecular flexibility index (Phi) is 6.12. The molecular formula is C24H23FN4O2. The van der Waals surface area contributed by atoms with E-state index in [4.69, 9.17) is 4.74 Å². The zero-order chi connectivity index (χ0) is 21.6. The number of carbonyl (C=O) groups excluding carboxylic acids is 1. The topological polar surface area (TPSA) is 70.2 Å². The first-order chi connectivity index (χ1) is 15.1. The number of amides is 2. The predicted octanol–water partition coefficient (Wildman–Crippen LogP) is 4.99. The van der Waals surface area contributed by atoms with Crippen LogP contribution in [0.25, 0.3) is 11.0 Å². The third-order valence-corrected chi connectivity index (χ3v) is 4.98. The summed E-state index contributed by atoms with van der Waals surface area (Å²) >= 11 is 0. The second-order valence-corrected chi connectivity index (χ2v) is 7.13. The number of para-hydroxylation sites is 4. The number of benzene rings is 3. The van der Waals surface area contributed by atoms with Crippen LogP contribution in [0.5, 0.6) is 5.75 Å². The van der Waals surface area contributed by atoms with Gasteiger partial charge in [0.2, 0.25) is 0 Å². The molecule has 6 nitrogen and oxygen atoms in total. The first kappa shape index (κ1) is 20.4. The molecule has 0 aliphatic rings. The molecule has 0 saturated heterocycles. The number of H-pyrrole nitrogens is 1. The van der Waals surface area contributed by atoms with Crippen LogP contribution in [0.1, 0.15) is 11.4 Å². The number of nitrogens with one attached hydrogen (secondary N) is 2. The van der Waals surface area contributed by atoms with Gasteiger partial charge in [0.05, 0.1) is 23.8 Å². The van der Waals surface area contributed by atoms with Gasteiger partial charge >= 0.3 is 6.03 Å². The highest BCUT2D eigenvalue weighted by Crippen LogP contribution is 2.23. The molecule has 0 radical (unpaired) electrons. The first-order valence-corrected chi connectivity index (χ1v) is 9.99. The average Bonchev–Trinajstić information content (AvgIpc) is 3.21. The smallest absolute Gasteiger partial charge is 0.322 e. The molecule has 0 saturated carbocycles. The van der Waals surface area contributed by atoms with Gasteiger partial charge in [-0.2, -0.15) is 0 Å². The third-order valence-electron chi connectivity index (χ3n) is 4.98. The summed E-state index contributed by atoms with van der Waals surface area (Å²) in [6, 6.07) is 20.9. The molecule has 0 atom stereocenters. The summed E-state index contributed by atoms with van der Waals surface area (Å²) in [5, 5.41) is 2.91. The minimum atomic E-state index is -0.309. The molecule has 0 spiro atoms. The number of fused-ring (bicyclic) bond motifs is 1. The van der Waals surface area contributed by atoms with Crippen LogP contribution >= 0.6 is 0 Å². The van der Waals surface area contributed by atoms with Gasteiger partial charge in [0.15, 0.2) is 0 Å². The van der Waals surface area contributed by atoms with Crippen LogP contribution in [0, 0.1) is 5.82 Å². The Bertz CT molecular complexity index is 1140. The second-order valence-electron chi connectivity index (χ2n) is 7.13. The van der Waals surface area contributed by atoms with Gasteiger partial charge in [0.1, 0.15) is 17.4 Å². The summed E-state index contributed by atoms with van der Waals surface area (Å²) in [4.78, 5) is 22.7. The Morgan fingerprint density at radius 3 is 2.58 bits per heavy atom. The lowest BCUT2D eigenvalue weighted by Crippen LogP contribution is -2.36. The van der Waals surface area contributed by atoms with E-state index >= 15 is 0 Å². The fraction of sp³-hybridized carbons (Fsp3) is 0.167. The van der Waals surface area contributed by atoms with Crippen molar-refractivity contribution in [2.75, 3.05) is 19.0 Å². The number of rotatable bonds is 7. The van der Waals surface area contributed by atoms with Gasteiger partial charge < -0.3 is 19.9 Å². The molecule has 2 amide bonds. The average molecular weight is 418 g/mol. The van der Waals surface area contributed by atoms with Crippen molar-refractivity contribution in [3.05, 3.63) is 90.0 Å². The summed E-state index contributed by atoms with van der Waals surface area (Å²) in [5.74, 6) is 1.07. The van der Waals surface area contributed by atoms with Crippen molar-refractivity contribution in [1.29, 1.82) is 0 Å². The fourth-order valence-electron chi connectivity index (χ4n) is 3.37. The Labute approximate surface area is 179 Å². The van der Waals surface area contributed by atoms with Crippen molar-refractivity contribution in [3.8, 4) is 5.75 Å².